The zero-order valence-corrected chi connectivity index (χ0v) is 11.3. The highest BCUT2D eigenvalue weighted by Gasteiger charge is 2.27. The molecule has 1 amide bonds. The van der Waals surface area contributed by atoms with Crippen LogP contribution in [0.2, 0.25) is 0 Å². The van der Waals surface area contributed by atoms with Crippen LogP contribution < -0.4 is 5.32 Å². The van der Waals surface area contributed by atoms with E-state index in [0.29, 0.717) is 19.1 Å². The summed E-state index contributed by atoms with van der Waals surface area (Å²) in [6, 6.07) is 0.0237. The van der Waals surface area contributed by atoms with Gasteiger partial charge in [-0.15, -0.1) is 0 Å². The van der Waals surface area contributed by atoms with Crippen LogP contribution in [0.5, 0.6) is 0 Å². The monoisotopic (exact) mass is 258 g/mol. The highest BCUT2D eigenvalue weighted by Crippen LogP contribution is 2.16. The van der Waals surface area contributed by atoms with E-state index < -0.39 is 6.09 Å². The molecule has 0 spiro atoms. The first-order valence-corrected chi connectivity index (χ1v) is 6.27. The van der Waals surface area contributed by atoms with E-state index in [4.69, 9.17) is 4.74 Å². The third kappa shape index (κ3) is 4.91. The molecule has 0 aromatic heterocycles. The molecule has 0 saturated carbocycles. The van der Waals surface area contributed by atoms with Crippen molar-refractivity contribution >= 4 is 12.1 Å². The van der Waals surface area contributed by atoms with Gasteiger partial charge in [0.1, 0.15) is 0 Å². The third-order valence-electron chi connectivity index (χ3n) is 2.90. The Kier molecular flexibility index (Phi) is 5.91. The number of ether oxygens (including phenoxy) is 2. The van der Waals surface area contributed by atoms with E-state index in [1.807, 2.05) is 4.90 Å². The van der Waals surface area contributed by atoms with Crippen molar-refractivity contribution in [1.82, 2.24) is 10.2 Å². The minimum Gasteiger partial charge on any atom is -0.465 e. The van der Waals surface area contributed by atoms with Crippen molar-refractivity contribution in [1.29, 1.82) is 0 Å². The topological polar surface area (TPSA) is 67.9 Å². The fourth-order valence-electron chi connectivity index (χ4n) is 2.31. The molecule has 0 aromatic carbocycles. The van der Waals surface area contributed by atoms with Gasteiger partial charge in [0.2, 0.25) is 0 Å². The molecule has 0 aliphatic carbocycles. The normalized spacial score (nSPS) is 24.4. The van der Waals surface area contributed by atoms with Crippen LogP contribution in [-0.4, -0.2) is 56.4 Å². The fraction of sp³-hybridized carbons (Fsp3) is 0.833. The molecule has 1 heterocycles. The van der Waals surface area contributed by atoms with Gasteiger partial charge in [0.15, 0.2) is 0 Å². The Morgan fingerprint density at radius 1 is 1.39 bits per heavy atom. The summed E-state index contributed by atoms with van der Waals surface area (Å²) >= 11 is 0. The van der Waals surface area contributed by atoms with E-state index in [2.05, 4.69) is 17.0 Å². The smallest absolute Gasteiger partial charge is 0.407 e. The maximum absolute atomic E-state index is 11.4. The second kappa shape index (κ2) is 7.20. The van der Waals surface area contributed by atoms with Crippen LogP contribution in [0.15, 0.2) is 0 Å². The number of rotatable bonds is 4. The quantitative estimate of drug-likeness (QED) is 0.749. The molecule has 2 atom stereocenters. The summed E-state index contributed by atoms with van der Waals surface area (Å²) in [5, 5.41) is 2.78. The molecule has 18 heavy (non-hydrogen) atoms. The number of likely N-dealkylation sites (tertiary alicyclic amines) is 1. The molecule has 0 bridgehead atoms. The number of methoxy groups -OCH3 is 1. The highest BCUT2D eigenvalue weighted by atomic mass is 16.5. The second-order valence-electron chi connectivity index (χ2n) is 4.67. The lowest BCUT2D eigenvalue weighted by atomic mass is 9.96. The molecular formula is C12H22N2O4. The lowest BCUT2D eigenvalue weighted by Gasteiger charge is -2.35. The number of esters is 1. The maximum atomic E-state index is 11.4. The van der Waals surface area contributed by atoms with Crippen molar-refractivity contribution in [2.45, 2.75) is 26.3 Å². The first-order chi connectivity index (χ1) is 8.55. The molecule has 1 fully saturated rings. The Balaban J connectivity index is 2.44. The summed E-state index contributed by atoms with van der Waals surface area (Å²) in [5.41, 5.74) is 0. The largest absolute Gasteiger partial charge is 0.465 e. The summed E-state index contributed by atoms with van der Waals surface area (Å²) < 4.78 is 9.51. The SMILES string of the molecule is CCOC(=O)CN1CC(C)CC(NC(=O)OC)C1. The van der Waals surface area contributed by atoms with Gasteiger partial charge in [-0.2, -0.15) is 0 Å². The van der Waals surface area contributed by atoms with Crippen LogP contribution in [-0.2, 0) is 14.3 Å². The average molecular weight is 258 g/mol. The van der Waals surface area contributed by atoms with E-state index >= 15 is 0 Å². The number of nitrogens with zero attached hydrogens (tertiary/aromatic N) is 1. The van der Waals surface area contributed by atoms with Crippen LogP contribution in [0.25, 0.3) is 0 Å². The van der Waals surface area contributed by atoms with E-state index in [0.717, 1.165) is 13.0 Å². The maximum Gasteiger partial charge on any atom is 0.407 e. The van der Waals surface area contributed by atoms with Crippen molar-refractivity contribution in [3.8, 4) is 0 Å². The Morgan fingerprint density at radius 3 is 2.72 bits per heavy atom. The molecule has 104 valence electrons. The van der Waals surface area contributed by atoms with E-state index in [-0.39, 0.29) is 18.6 Å². The number of hydrogen-bond acceptors (Lipinski definition) is 5. The summed E-state index contributed by atoms with van der Waals surface area (Å²) in [6.45, 7) is 6.06. The Hall–Kier alpha value is -1.30. The van der Waals surface area contributed by atoms with Crippen LogP contribution in [0, 0.1) is 5.92 Å². The summed E-state index contributed by atoms with van der Waals surface area (Å²) in [4.78, 5) is 24.6. The fourth-order valence-corrected chi connectivity index (χ4v) is 2.31. The van der Waals surface area contributed by atoms with Crippen LogP contribution in [0.4, 0.5) is 4.79 Å². The average Bonchev–Trinajstić information content (AvgIpc) is 2.28. The Morgan fingerprint density at radius 2 is 2.11 bits per heavy atom. The van der Waals surface area contributed by atoms with E-state index in [1.165, 1.54) is 7.11 Å². The van der Waals surface area contributed by atoms with Gasteiger partial charge >= 0.3 is 12.1 Å². The lowest BCUT2D eigenvalue weighted by Crippen LogP contribution is -2.51. The van der Waals surface area contributed by atoms with Gasteiger partial charge in [-0.1, -0.05) is 6.92 Å². The molecule has 6 nitrogen and oxygen atoms in total. The molecule has 1 aliphatic heterocycles. The van der Waals surface area contributed by atoms with Gasteiger partial charge in [0.05, 0.1) is 20.3 Å². The molecule has 0 radical (unpaired) electrons. The van der Waals surface area contributed by atoms with Crippen molar-refractivity contribution in [2.75, 3.05) is 33.4 Å². The molecular weight excluding hydrogens is 236 g/mol. The Bertz CT molecular complexity index is 296. The highest BCUT2D eigenvalue weighted by molar-refractivity contribution is 5.71. The molecule has 1 N–H and O–H groups in total. The molecule has 2 unspecified atom stereocenters. The number of alkyl carbamates (subject to hydrolysis) is 1. The molecule has 1 rings (SSSR count). The zero-order chi connectivity index (χ0) is 13.5. The van der Waals surface area contributed by atoms with E-state index in [9.17, 15) is 9.59 Å². The summed E-state index contributed by atoms with van der Waals surface area (Å²) in [7, 11) is 1.35. The number of nitrogens with one attached hydrogen (secondary N) is 1. The van der Waals surface area contributed by atoms with Crippen molar-refractivity contribution in [3.63, 3.8) is 0 Å². The van der Waals surface area contributed by atoms with E-state index in [1.54, 1.807) is 6.92 Å². The molecule has 6 heteroatoms. The summed E-state index contributed by atoms with van der Waals surface area (Å²) in [6.07, 6.45) is 0.471. The molecule has 1 saturated heterocycles. The first-order valence-electron chi connectivity index (χ1n) is 6.27. The number of amides is 1. The number of carbonyl (C=O) groups excluding carboxylic acids is 2. The van der Waals surface area contributed by atoms with Gasteiger partial charge in [-0.3, -0.25) is 9.69 Å². The third-order valence-corrected chi connectivity index (χ3v) is 2.90. The number of carbonyl (C=O) groups is 2. The Labute approximate surface area is 108 Å². The van der Waals surface area contributed by atoms with Crippen molar-refractivity contribution in [2.24, 2.45) is 5.92 Å². The van der Waals surface area contributed by atoms with Gasteiger partial charge in [0, 0.05) is 19.1 Å². The minimum absolute atomic E-state index is 0.0237. The second-order valence-corrected chi connectivity index (χ2v) is 4.67. The van der Waals surface area contributed by atoms with Crippen LogP contribution in [0.3, 0.4) is 0 Å². The van der Waals surface area contributed by atoms with Gasteiger partial charge < -0.3 is 14.8 Å². The first kappa shape index (κ1) is 14.8. The number of piperidine rings is 1. The zero-order valence-electron chi connectivity index (χ0n) is 11.3. The predicted molar refractivity (Wildman–Crippen MR) is 66.2 cm³/mol. The summed E-state index contributed by atoms with van der Waals surface area (Å²) in [5.74, 6) is 0.207. The number of hydrogen-bond donors (Lipinski definition) is 1. The van der Waals surface area contributed by atoms with Gasteiger partial charge in [0.25, 0.3) is 0 Å². The van der Waals surface area contributed by atoms with Crippen LogP contribution in [0.1, 0.15) is 20.3 Å². The standard InChI is InChI=1S/C12H22N2O4/c1-4-18-11(15)8-14-6-9(2)5-10(7-14)13-12(16)17-3/h9-10H,4-8H2,1-3H3,(H,13,16). The molecule has 1 aliphatic rings. The molecule has 0 aromatic rings. The van der Waals surface area contributed by atoms with Crippen molar-refractivity contribution < 1.29 is 19.1 Å². The van der Waals surface area contributed by atoms with Gasteiger partial charge in [-0.05, 0) is 19.3 Å². The van der Waals surface area contributed by atoms with Gasteiger partial charge in [-0.25, -0.2) is 4.79 Å². The predicted octanol–water partition coefficient (Wildman–Crippen LogP) is 0.616. The lowest BCUT2D eigenvalue weighted by molar-refractivity contribution is -0.144. The van der Waals surface area contributed by atoms with Crippen molar-refractivity contribution in [3.05, 3.63) is 0 Å². The minimum atomic E-state index is -0.426. The van der Waals surface area contributed by atoms with Crippen LogP contribution >= 0.6 is 0 Å².